The summed E-state index contributed by atoms with van der Waals surface area (Å²) in [6, 6.07) is 4.75. The summed E-state index contributed by atoms with van der Waals surface area (Å²) >= 11 is 3.04. The zero-order chi connectivity index (χ0) is 10.3. The van der Waals surface area contributed by atoms with E-state index in [9.17, 15) is 13.2 Å². The number of pyridine rings is 1. The van der Waals surface area contributed by atoms with Crippen molar-refractivity contribution in [1.82, 2.24) is 9.38 Å². The van der Waals surface area contributed by atoms with Gasteiger partial charge in [0.25, 0.3) is 0 Å². The van der Waals surface area contributed by atoms with E-state index in [0.717, 1.165) is 4.40 Å². The van der Waals surface area contributed by atoms with Crippen molar-refractivity contribution < 1.29 is 13.2 Å². The molecular weight excluding hydrogens is 261 g/mol. The molecule has 2 heterocycles. The molecule has 0 bridgehead atoms. The minimum atomic E-state index is -4.43. The van der Waals surface area contributed by atoms with E-state index in [2.05, 4.69) is 20.9 Å². The first-order valence-electron chi connectivity index (χ1n) is 3.69. The minimum absolute atomic E-state index is 0.333. The van der Waals surface area contributed by atoms with Crippen LogP contribution in [0.25, 0.3) is 5.52 Å². The van der Waals surface area contributed by atoms with Gasteiger partial charge in [0, 0.05) is 0 Å². The SMILES string of the molecule is FC(F)(F)c1ncc2cccc(Br)n12. The maximum absolute atomic E-state index is 12.4. The summed E-state index contributed by atoms with van der Waals surface area (Å²) in [6.07, 6.45) is -3.25. The Hall–Kier alpha value is -1.04. The lowest BCUT2D eigenvalue weighted by Crippen LogP contribution is -2.11. The van der Waals surface area contributed by atoms with E-state index in [4.69, 9.17) is 0 Å². The highest BCUT2D eigenvalue weighted by molar-refractivity contribution is 9.10. The number of imidazole rings is 1. The third-order valence-electron chi connectivity index (χ3n) is 1.76. The van der Waals surface area contributed by atoms with Gasteiger partial charge in [-0.1, -0.05) is 6.07 Å². The van der Waals surface area contributed by atoms with Crippen molar-refractivity contribution in [3.05, 3.63) is 34.8 Å². The molecule has 0 atom stereocenters. The van der Waals surface area contributed by atoms with E-state index < -0.39 is 12.0 Å². The van der Waals surface area contributed by atoms with Crippen molar-refractivity contribution >= 4 is 21.4 Å². The topological polar surface area (TPSA) is 17.3 Å². The van der Waals surface area contributed by atoms with E-state index >= 15 is 0 Å². The fourth-order valence-corrected chi connectivity index (χ4v) is 1.73. The van der Waals surface area contributed by atoms with Crippen molar-refractivity contribution in [2.75, 3.05) is 0 Å². The molecule has 0 radical (unpaired) electrons. The Balaban J connectivity index is 2.80. The van der Waals surface area contributed by atoms with Crippen LogP contribution in [0, 0.1) is 0 Å². The van der Waals surface area contributed by atoms with E-state index in [1.54, 1.807) is 12.1 Å². The van der Waals surface area contributed by atoms with Gasteiger partial charge in [-0.05, 0) is 28.1 Å². The molecule has 2 nitrogen and oxygen atoms in total. The van der Waals surface area contributed by atoms with Crippen LogP contribution in [0.1, 0.15) is 5.82 Å². The molecule has 0 spiro atoms. The summed E-state index contributed by atoms with van der Waals surface area (Å²) in [5.41, 5.74) is 0.409. The maximum Gasteiger partial charge on any atom is 0.450 e. The third-order valence-corrected chi connectivity index (χ3v) is 2.38. The zero-order valence-corrected chi connectivity index (χ0v) is 8.30. The average Bonchev–Trinajstić information content (AvgIpc) is 2.47. The standard InChI is InChI=1S/C8H4BrF3N2/c9-6-3-1-2-5-4-13-7(14(5)6)8(10,11)12/h1-4H. The normalized spacial score (nSPS) is 12.3. The molecule has 0 unspecified atom stereocenters. The second-order valence-electron chi connectivity index (χ2n) is 2.69. The fourth-order valence-electron chi connectivity index (χ4n) is 1.21. The third kappa shape index (κ3) is 1.39. The molecular formula is C8H4BrF3N2. The van der Waals surface area contributed by atoms with Crippen LogP contribution < -0.4 is 0 Å². The number of hydrogen-bond donors (Lipinski definition) is 0. The number of alkyl halides is 3. The fraction of sp³-hybridized carbons (Fsp3) is 0.125. The number of aromatic nitrogens is 2. The van der Waals surface area contributed by atoms with Gasteiger partial charge in [-0.2, -0.15) is 13.2 Å². The number of halogens is 4. The maximum atomic E-state index is 12.4. The number of fused-ring (bicyclic) bond motifs is 1. The van der Waals surface area contributed by atoms with E-state index in [0.29, 0.717) is 10.1 Å². The Morgan fingerprint density at radius 3 is 2.64 bits per heavy atom. The van der Waals surface area contributed by atoms with E-state index in [1.165, 1.54) is 12.3 Å². The first-order chi connectivity index (χ1) is 6.50. The van der Waals surface area contributed by atoms with Crippen LogP contribution >= 0.6 is 15.9 Å². The molecule has 6 heteroatoms. The Morgan fingerprint density at radius 2 is 2.00 bits per heavy atom. The Labute approximate surface area is 85.5 Å². The van der Waals surface area contributed by atoms with Crippen LogP contribution in [0.5, 0.6) is 0 Å². The Bertz CT molecular complexity index is 475. The molecule has 0 saturated heterocycles. The lowest BCUT2D eigenvalue weighted by molar-refractivity contribution is -0.145. The van der Waals surface area contributed by atoms with Gasteiger partial charge in [0.15, 0.2) is 0 Å². The van der Waals surface area contributed by atoms with Gasteiger partial charge in [-0.25, -0.2) is 4.98 Å². The summed E-state index contributed by atoms with van der Waals surface area (Å²) in [5, 5.41) is 0. The predicted octanol–water partition coefficient (Wildman–Crippen LogP) is 3.12. The minimum Gasteiger partial charge on any atom is -0.283 e. The molecule has 0 aromatic carbocycles. The molecule has 0 saturated carbocycles. The Morgan fingerprint density at radius 1 is 1.29 bits per heavy atom. The molecule has 2 aromatic rings. The van der Waals surface area contributed by atoms with Crippen LogP contribution in [0.2, 0.25) is 0 Å². The highest BCUT2D eigenvalue weighted by Gasteiger charge is 2.36. The zero-order valence-electron chi connectivity index (χ0n) is 6.72. The van der Waals surface area contributed by atoms with Crippen LogP contribution in [-0.4, -0.2) is 9.38 Å². The molecule has 0 aliphatic heterocycles. The monoisotopic (exact) mass is 264 g/mol. The highest BCUT2D eigenvalue weighted by atomic mass is 79.9. The first kappa shape index (κ1) is 9.51. The Kier molecular flexibility index (Phi) is 2.02. The molecule has 0 fully saturated rings. The second-order valence-corrected chi connectivity index (χ2v) is 3.50. The van der Waals surface area contributed by atoms with Gasteiger partial charge >= 0.3 is 6.18 Å². The van der Waals surface area contributed by atoms with Crippen LogP contribution in [0.3, 0.4) is 0 Å². The molecule has 0 aliphatic rings. The van der Waals surface area contributed by atoms with Gasteiger partial charge in [0.1, 0.15) is 0 Å². The van der Waals surface area contributed by atoms with E-state index in [-0.39, 0.29) is 0 Å². The van der Waals surface area contributed by atoms with Crippen molar-refractivity contribution in [3.63, 3.8) is 0 Å². The molecule has 0 aliphatic carbocycles. The molecule has 0 amide bonds. The van der Waals surface area contributed by atoms with Gasteiger partial charge < -0.3 is 0 Å². The summed E-state index contributed by atoms with van der Waals surface area (Å²) in [5.74, 6) is -0.917. The smallest absolute Gasteiger partial charge is 0.283 e. The van der Waals surface area contributed by atoms with Crippen LogP contribution in [0.15, 0.2) is 29.0 Å². The summed E-state index contributed by atoms with van der Waals surface area (Å²) < 4.78 is 38.6. The average molecular weight is 265 g/mol. The molecule has 0 N–H and O–H groups in total. The number of hydrogen-bond acceptors (Lipinski definition) is 1. The predicted molar refractivity (Wildman–Crippen MR) is 47.9 cm³/mol. The van der Waals surface area contributed by atoms with E-state index in [1.807, 2.05) is 0 Å². The summed E-state index contributed by atoms with van der Waals surface area (Å²) in [7, 11) is 0. The lowest BCUT2D eigenvalue weighted by atomic mass is 10.4. The molecule has 14 heavy (non-hydrogen) atoms. The van der Waals surface area contributed by atoms with Gasteiger partial charge in [-0.15, -0.1) is 0 Å². The molecule has 74 valence electrons. The number of rotatable bonds is 0. The van der Waals surface area contributed by atoms with Gasteiger partial charge in [0.2, 0.25) is 5.82 Å². The highest BCUT2D eigenvalue weighted by Crippen LogP contribution is 2.30. The van der Waals surface area contributed by atoms with Crippen molar-refractivity contribution in [1.29, 1.82) is 0 Å². The van der Waals surface area contributed by atoms with Crippen LogP contribution in [-0.2, 0) is 6.18 Å². The molecule has 2 rings (SSSR count). The number of nitrogens with zero attached hydrogens (tertiary/aromatic N) is 2. The van der Waals surface area contributed by atoms with Crippen molar-refractivity contribution in [2.24, 2.45) is 0 Å². The van der Waals surface area contributed by atoms with Crippen LogP contribution in [0.4, 0.5) is 13.2 Å². The molecule has 2 aromatic heterocycles. The first-order valence-corrected chi connectivity index (χ1v) is 4.48. The van der Waals surface area contributed by atoms with Crippen molar-refractivity contribution in [2.45, 2.75) is 6.18 Å². The second kappa shape index (κ2) is 2.98. The van der Waals surface area contributed by atoms with Gasteiger partial charge in [-0.3, -0.25) is 4.40 Å². The summed E-state index contributed by atoms with van der Waals surface area (Å²) in [4.78, 5) is 3.34. The summed E-state index contributed by atoms with van der Waals surface area (Å²) in [6.45, 7) is 0. The van der Waals surface area contributed by atoms with Crippen molar-refractivity contribution in [3.8, 4) is 0 Å². The lowest BCUT2D eigenvalue weighted by Gasteiger charge is -2.06. The van der Waals surface area contributed by atoms with Gasteiger partial charge in [0.05, 0.1) is 16.3 Å². The quantitative estimate of drug-likeness (QED) is 0.669. The largest absolute Gasteiger partial charge is 0.450 e.